The number of hydrogen-bond acceptors (Lipinski definition) is 5. The van der Waals surface area contributed by atoms with Crippen molar-refractivity contribution in [3.05, 3.63) is 82.6 Å². The fraction of sp³-hybridized carbons (Fsp3) is 0.160. The number of hydrogen-bond donors (Lipinski definition) is 2. The highest BCUT2D eigenvalue weighted by molar-refractivity contribution is 6.31. The first-order chi connectivity index (χ1) is 16.3. The third kappa shape index (κ3) is 6.63. The molecule has 0 aliphatic rings. The molecule has 0 aliphatic heterocycles. The summed E-state index contributed by atoms with van der Waals surface area (Å²) in [4.78, 5) is 36.4. The van der Waals surface area contributed by atoms with Crippen LogP contribution < -0.4 is 10.6 Å². The summed E-state index contributed by atoms with van der Waals surface area (Å²) in [5, 5.41) is 5.59. The summed E-state index contributed by atoms with van der Waals surface area (Å²) in [6.45, 7) is 1.06. The molecule has 0 radical (unpaired) electrons. The monoisotopic (exact) mass is 484 g/mol. The smallest absolute Gasteiger partial charge is 0.340 e. The lowest BCUT2D eigenvalue weighted by molar-refractivity contribution is -0.125. The second-order valence-corrected chi connectivity index (χ2v) is 7.74. The molecule has 3 rings (SSSR count). The summed E-state index contributed by atoms with van der Waals surface area (Å²) in [6, 6.07) is 15.9. The highest BCUT2D eigenvalue weighted by Gasteiger charge is 2.15. The van der Waals surface area contributed by atoms with E-state index in [1.54, 1.807) is 18.2 Å². The predicted molar refractivity (Wildman–Crippen MR) is 127 cm³/mol. The Morgan fingerprint density at radius 2 is 1.47 bits per heavy atom. The van der Waals surface area contributed by atoms with E-state index in [0.717, 1.165) is 16.7 Å². The minimum atomic E-state index is -0.656. The van der Waals surface area contributed by atoms with Crippen LogP contribution in [0.2, 0.25) is 5.02 Å². The number of halogens is 2. The van der Waals surface area contributed by atoms with Gasteiger partial charge in [-0.15, -0.1) is 0 Å². The molecule has 2 N–H and O–H groups in total. The second kappa shape index (κ2) is 11.4. The van der Waals surface area contributed by atoms with Gasteiger partial charge in [-0.25, -0.2) is 9.18 Å². The maximum Gasteiger partial charge on any atom is 0.340 e. The number of benzene rings is 3. The second-order valence-electron chi connectivity index (χ2n) is 7.31. The molecule has 3 aromatic rings. The van der Waals surface area contributed by atoms with Gasteiger partial charge in [0.2, 0.25) is 11.8 Å². The maximum absolute atomic E-state index is 13.2. The molecule has 0 aromatic heterocycles. The van der Waals surface area contributed by atoms with Gasteiger partial charge in [0.1, 0.15) is 19.0 Å². The molecular weight excluding hydrogens is 463 g/mol. The van der Waals surface area contributed by atoms with E-state index in [-0.39, 0.29) is 23.7 Å². The molecule has 176 valence electrons. The van der Waals surface area contributed by atoms with Crippen LogP contribution in [0.15, 0.2) is 60.7 Å². The van der Waals surface area contributed by atoms with Gasteiger partial charge in [-0.2, -0.15) is 0 Å². The number of ether oxygens (including phenoxy) is 2. The minimum Gasteiger partial charge on any atom is -0.465 e. The van der Waals surface area contributed by atoms with E-state index < -0.39 is 24.4 Å². The molecule has 0 saturated heterocycles. The topological polar surface area (TPSA) is 93.7 Å². The molecule has 0 fully saturated rings. The quantitative estimate of drug-likeness (QED) is 0.446. The zero-order valence-electron chi connectivity index (χ0n) is 18.5. The molecule has 2 amide bonds. The Labute approximate surface area is 200 Å². The summed E-state index contributed by atoms with van der Waals surface area (Å²) in [6.07, 6.45) is 0. The number of amides is 2. The van der Waals surface area contributed by atoms with E-state index >= 15 is 0 Å². The van der Waals surface area contributed by atoms with Gasteiger partial charge in [-0.05, 0) is 60.0 Å². The predicted octanol–water partition coefficient (Wildman–Crippen LogP) is 4.83. The van der Waals surface area contributed by atoms with Crippen LogP contribution in [0.1, 0.15) is 15.9 Å². The van der Waals surface area contributed by atoms with Crippen molar-refractivity contribution in [2.75, 3.05) is 31.0 Å². The first kappa shape index (κ1) is 24.9. The van der Waals surface area contributed by atoms with E-state index in [1.807, 2.05) is 19.1 Å². The van der Waals surface area contributed by atoms with Crippen molar-refractivity contribution in [1.82, 2.24) is 0 Å². The van der Waals surface area contributed by atoms with E-state index in [2.05, 4.69) is 15.4 Å². The van der Waals surface area contributed by atoms with Gasteiger partial charge < -0.3 is 20.1 Å². The van der Waals surface area contributed by atoms with E-state index in [0.29, 0.717) is 10.7 Å². The van der Waals surface area contributed by atoms with Crippen LogP contribution in [0.3, 0.4) is 0 Å². The van der Waals surface area contributed by atoms with Crippen LogP contribution in [0, 0.1) is 12.7 Å². The molecule has 0 spiro atoms. The van der Waals surface area contributed by atoms with Gasteiger partial charge in [-0.1, -0.05) is 35.9 Å². The third-order valence-corrected chi connectivity index (χ3v) is 5.05. The molecule has 0 bridgehead atoms. The molecule has 3 aromatic carbocycles. The average Bonchev–Trinajstić information content (AvgIpc) is 2.81. The van der Waals surface area contributed by atoms with Crippen molar-refractivity contribution >= 4 is 40.8 Å². The van der Waals surface area contributed by atoms with Crippen LogP contribution in [-0.4, -0.2) is 38.1 Å². The van der Waals surface area contributed by atoms with Gasteiger partial charge in [0, 0.05) is 10.7 Å². The van der Waals surface area contributed by atoms with Crippen molar-refractivity contribution in [2.45, 2.75) is 6.92 Å². The highest BCUT2D eigenvalue weighted by Crippen LogP contribution is 2.26. The Morgan fingerprint density at radius 3 is 2.12 bits per heavy atom. The molecule has 0 aliphatic carbocycles. The first-order valence-electron chi connectivity index (χ1n) is 10.2. The van der Waals surface area contributed by atoms with Crippen LogP contribution in [0.5, 0.6) is 0 Å². The van der Waals surface area contributed by atoms with Crippen molar-refractivity contribution in [3.63, 3.8) is 0 Å². The number of carbonyl (C=O) groups is 3. The largest absolute Gasteiger partial charge is 0.465 e. The average molecular weight is 485 g/mol. The molecule has 34 heavy (non-hydrogen) atoms. The van der Waals surface area contributed by atoms with E-state index in [9.17, 15) is 18.8 Å². The van der Waals surface area contributed by atoms with Crippen molar-refractivity contribution in [1.29, 1.82) is 0 Å². The molecule has 0 atom stereocenters. The molecule has 0 heterocycles. The lowest BCUT2D eigenvalue weighted by atomic mass is 10.0. The molecular formula is C25H22ClFN2O5. The number of esters is 1. The zero-order valence-corrected chi connectivity index (χ0v) is 19.2. The molecule has 0 unspecified atom stereocenters. The Bertz CT molecular complexity index is 1210. The Kier molecular flexibility index (Phi) is 8.34. The SMILES string of the molecule is COC(=O)c1cc(Cl)ccc1NC(=O)COCC(=O)Nc1cc(-c2ccc(F)cc2)ccc1C. The Morgan fingerprint density at radius 1 is 0.853 bits per heavy atom. The summed E-state index contributed by atoms with van der Waals surface area (Å²) in [7, 11) is 1.22. The van der Waals surface area contributed by atoms with Crippen LogP contribution in [-0.2, 0) is 19.1 Å². The molecule has 9 heteroatoms. The highest BCUT2D eigenvalue weighted by atomic mass is 35.5. The maximum atomic E-state index is 13.2. The summed E-state index contributed by atoms with van der Waals surface area (Å²) in [5.74, 6) is -2.00. The van der Waals surface area contributed by atoms with Crippen molar-refractivity contribution in [3.8, 4) is 11.1 Å². The molecule has 7 nitrogen and oxygen atoms in total. The van der Waals surface area contributed by atoms with Crippen molar-refractivity contribution in [2.24, 2.45) is 0 Å². The van der Waals surface area contributed by atoms with Crippen LogP contribution in [0.4, 0.5) is 15.8 Å². The molecule has 0 saturated carbocycles. The van der Waals surface area contributed by atoms with Gasteiger partial charge in [0.05, 0.1) is 18.4 Å². The van der Waals surface area contributed by atoms with Crippen LogP contribution in [0.25, 0.3) is 11.1 Å². The van der Waals surface area contributed by atoms with Gasteiger partial charge in [0.25, 0.3) is 0 Å². The number of methoxy groups -OCH3 is 1. The lowest BCUT2D eigenvalue weighted by Crippen LogP contribution is -2.24. The van der Waals surface area contributed by atoms with E-state index in [4.69, 9.17) is 16.3 Å². The lowest BCUT2D eigenvalue weighted by Gasteiger charge is -2.12. The fourth-order valence-corrected chi connectivity index (χ4v) is 3.26. The third-order valence-electron chi connectivity index (χ3n) is 4.82. The van der Waals surface area contributed by atoms with Gasteiger partial charge >= 0.3 is 5.97 Å². The standard InChI is InChI=1S/C25H22ClFN2O5/c1-15-3-4-17(16-5-8-19(27)9-6-16)11-22(15)29-24(31)14-34-13-23(30)28-21-10-7-18(26)12-20(21)25(32)33-2/h3-12H,13-14H2,1-2H3,(H,28,30)(H,29,31). The van der Waals surface area contributed by atoms with E-state index in [1.165, 1.54) is 37.4 Å². The van der Waals surface area contributed by atoms with Crippen molar-refractivity contribution < 1.29 is 28.2 Å². The fourth-order valence-electron chi connectivity index (χ4n) is 3.09. The zero-order chi connectivity index (χ0) is 24.7. The normalized spacial score (nSPS) is 10.5. The first-order valence-corrected chi connectivity index (χ1v) is 10.6. The number of nitrogens with one attached hydrogen (secondary N) is 2. The minimum absolute atomic E-state index is 0.0950. The number of aryl methyl sites for hydroxylation is 1. The number of rotatable bonds is 8. The number of anilines is 2. The number of carbonyl (C=O) groups excluding carboxylic acids is 3. The summed E-state index contributed by atoms with van der Waals surface area (Å²) < 4.78 is 23.1. The Balaban J connectivity index is 1.55. The van der Waals surface area contributed by atoms with Gasteiger partial charge in [0.15, 0.2) is 0 Å². The summed E-state index contributed by atoms with van der Waals surface area (Å²) in [5.41, 5.74) is 3.32. The summed E-state index contributed by atoms with van der Waals surface area (Å²) >= 11 is 5.90. The van der Waals surface area contributed by atoms with Gasteiger partial charge in [-0.3, -0.25) is 9.59 Å². The van der Waals surface area contributed by atoms with Crippen LogP contribution >= 0.6 is 11.6 Å². The Hall–Kier alpha value is -3.75.